The molecule has 1 aliphatic rings. The smallest absolute Gasteiger partial charge is 0.422 e. The van der Waals surface area contributed by atoms with Crippen molar-refractivity contribution in [3.05, 3.63) is 95.7 Å². The van der Waals surface area contributed by atoms with Crippen LogP contribution in [0.4, 0.5) is 19.0 Å². The Morgan fingerprint density at radius 2 is 1.45 bits per heavy atom. The summed E-state index contributed by atoms with van der Waals surface area (Å²) < 4.78 is 41.0. The molecule has 0 amide bonds. The van der Waals surface area contributed by atoms with Crippen LogP contribution in [0.25, 0.3) is 0 Å². The Hall–Kier alpha value is -3.39. The van der Waals surface area contributed by atoms with Crippen LogP contribution in [0.1, 0.15) is 27.5 Å². The van der Waals surface area contributed by atoms with Gasteiger partial charge in [-0.25, -0.2) is 9.78 Å². The van der Waals surface area contributed by atoms with E-state index in [1.165, 1.54) is 23.4 Å². The summed E-state index contributed by atoms with van der Waals surface area (Å²) in [5, 5.41) is 0. The standard InChI is InChI=1S/C25H24F3N3O2/c26-25(27,28)18-33-24(32)21-11-12-22(29-17-21)30-13-15-31(16-14-30)23(19-7-3-1-4-8-19)20-9-5-2-6-10-20/h1-12,17,23H,13-16,18H2. The van der Waals surface area contributed by atoms with Crippen LogP contribution < -0.4 is 4.90 Å². The minimum atomic E-state index is -4.56. The molecular weight excluding hydrogens is 431 g/mol. The van der Waals surface area contributed by atoms with Crippen LogP contribution in [-0.2, 0) is 4.74 Å². The predicted molar refractivity (Wildman–Crippen MR) is 119 cm³/mol. The Bertz CT molecular complexity index is 997. The molecule has 0 aliphatic carbocycles. The summed E-state index contributed by atoms with van der Waals surface area (Å²) in [6, 6.07) is 24.0. The van der Waals surface area contributed by atoms with Gasteiger partial charge in [0, 0.05) is 32.4 Å². The Kier molecular flexibility index (Phi) is 6.93. The SMILES string of the molecule is O=C(OCC(F)(F)F)c1ccc(N2CCN(C(c3ccccc3)c3ccccc3)CC2)nc1. The molecular formula is C25H24F3N3O2. The van der Waals surface area contributed by atoms with Gasteiger partial charge < -0.3 is 9.64 Å². The fourth-order valence-electron chi connectivity index (χ4n) is 4.02. The number of anilines is 1. The molecule has 8 heteroatoms. The first-order valence-corrected chi connectivity index (χ1v) is 10.7. The Morgan fingerprint density at radius 3 is 1.94 bits per heavy atom. The quantitative estimate of drug-likeness (QED) is 0.504. The normalized spacial score (nSPS) is 15.0. The van der Waals surface area contributed by atoms with Gasteiger partial charge in [-0.2, -0.15) is 13.2 Å². The number of piperazine rings is 1. The number of benzene rings is 2. The molecule has 1 aliphatic heterocycles. The van der Waals surface area contributed by atoms with E-state index in [2.05, 4.69) is 43.8 Å². The van der Waals surface area contributed by atoms with E-state index >= 15 is 0 Å². The first-order valence-electron chi connectivity index (χ1n) is 10.7. The highest BCUT2D eigenvalue weighted by atomic mass is 19.4. The van der Waals surface area contributed by atoms with Gasteiger partial charge in [-0.15, -0.1) is 0 Å². The number of hydrogen-bond donors (Lipinski definition) is 0. The number of rotatable bonds is 6. The first-order chi connectivity index (χ1) is 15.9. The number of carbonyl (C=O) groups excluding carboxylic acids is 1. The molecule has 33 heavy (non-hydrogen) atoms. The van der Waals surface area contributed by atoms with Crippen molar-refractivity contribution >= 4 is 11.8 Å². The number of nitrogens with zero attached hydrogens (tertiary/aromatic N) is 3. The van der Waals surface area contributed by atoms with Gasteiger partial charge in [-0.1, -0.05) is 60.7 Å². The second-order valence-corrected chi connectivity index (χ2v) is 7.84. The maximum atomic E-state index is 12.2. The lowest BCUT2D eigenvalue weighted by atomic mass is 9.96. The Balaban J connectivity index is 1.41. The molecule has 0 unspecified atom stereocenters. The summed E-state index contributed by atoms with van der Waals surface area (Å²) in [4.78, 5) is 20.6. The maximum absolute atomic E-state index is 12.2. The third kappa shape index (κ3) is 5.90. The van der Waals surface area contributed by atoms with Crippen molar-refractivity contribution in [2.24, 2.45) is 0 Å². The Morgan fingerprint density at radius 1 is 0.879 bits per heavy atom. The first kappa shape index (κ1) is 22.8. The van der Waals surface area contributed by atoms with Gasteiger partial charge in [0.2, 0.25) is 0 Å². The number of ether oxygens (including phenoxy) is 1. The van der Waals surface area contributed by atoms with Crippen molar-refractivity contribution in [1.29, 1.82) is 0 Å². The molecule has 1 aromatic heterocycles. The van der Waals surface area contributed by atoms with E-state index in [1.807, 2.05) is 36.4 Å². The van der Waals surface area contributed by atoms with Gasteiger partial charge in [0.1, 0.15) is 5.82 Å². The zero-order valence-electron chi connectivity index (χ0n) is 17.9. The topological polar surface area (TPSA) is 45.7 Å². The number of aromatic nitrogens is 1. The fourth-order valence-corrected chi connectivity index (χ4v) is 4.02. The summed E-state index contributed by atoms with van der Waals surface area (Å²) in [6.45, 7) is 1.48. The van der Waals surface area contributed by atoms with Crippen LogP contribution in [-0.4, -0.2) is 54.8 Å². The molecule has 2 heterocycles. The van der Waals surface area contributed by atoms with Gasteiger partial charge in [-0.05, 0) is 23.3 Å². The molecule has 0 saturated carbocycles. The van der Waals surface area contributed by atoms with Crippen molar-refractivity contribution in [3.63, 3.8) is 0 Å². The number of hydrogen-bond acceptors (Lipinski definition) is 5. The van der Waals surface area contributed by atoms with Crippen molar-refractivity contribution in [3.8, 4) is 0 Å². The van der Waals surface area contributed by atoms with Crippen molar-refractivity contribution in [2.75, 3.05) is 37.7 Å². The average Bonchev–Trinajstić information content (AvgIpc) is 2.84. The Labute approximate surface area is 190 Å². The number of halogens is 3. The van der Waals surface area contributed by atoms with Crippen molar-refractivity contribution < 1.29 is 22.7 Å². The van der Waals surface area contributed by atoms with E-state index in [-0.39, 0.29) is 11.6 Å². The van der Waals surface area contributed by atoms with E-state index in [0.29, 0.717) is 5.82 Å². The molecule has 1 saturated heterocycles. The molecule has 0 spiro atoms. The fraction of sp³-hybridized carbons (Fsp3) is 0.280. The van der Waals surface area contributed by atoms with Crippen LogP contribution in [0.5, 0.6) is 0 Å². The summed E-state index contributed by atoms with van der Waals surface area (Å²) in [6.07, 6.45) is -3.29. The molecule has 1 fully saturated rings. The second-order valence-electron chi connectivity index (χ2n) is 7.84. The third-order valence-corrected chi connectivity index (χ3v) is 5.58. The summed E-state index contributed by atoms with van der Waals surface area (Å²) in [5.74, 6) is -0.359. The summed E-state index contributed by atoms with van der Waals surface area (Å²) in [5.41, 5.74) is 2.46. The van der Waals surface area contributed by atoms with Crippen LogP contribution in [0.2, 0.25) is 0 Å². The predicted octanol–water partition coefficient (Wildman–Crippen LogP) is 4.71. The molecule has 4 rings (SSSR count). The van der Waals surface area contributed by atoms with Crippen LogP contribution >= 0.6 is 0 Å². The highest BCUT2D eigenvalue weighted by Crippen LogP contribution is 2.30. The number of carbonyl (C=O) groups is 1. The van der Waals surface area contributed by atoms with E-state index in [9.17, 15) is 18.0 Å². The van der Waals surface area contributed by atoms with Crippen LogP contribution in [0.15, 0.2) is 79.0 Å². The number of alkyl halides is 3. The number of pyridine rings is 1. The average molecular weight is 455 g/mol. The molecule has 3 aromatic rings. The van der Waals surface area contributed by atoms with Gasteiger partial charge >= 0.3 is 12.1 Å². The molecule has 5 nitrogen and oxygen atoms in total. The molecule has 0 radical (unpaired) electrons. The monoisotopic (exact) mass is 455 g/mol. The molecule has 2 aromatic carbocycles. The summed E-state index contributed by atoms with van der Waals surface area (Å²) >= 11 is 0. The molecule has 0 atom stereocenters. The van der Waals surface area contributed by atoms with E-state index in [0.717, 1.165) is 26.2 Å². The largest absolute Gasteiger partial charge is 0.452 e. The van der Waals surface area contributed by atoms with Crippen molar-refractivity contribution in [1.82, 2.24) is 9.88 Å². The number of esters is 1. The second kappa shape index (κ2) is 10.0. The zero-order chi connectivity index (χ0) is 23.3. The van der Waals surface area contributed by atoms with Crippen molar-refractivity contribution in [2.45, 2.75) is 12.2 Å². The van der Waals surface area contributed by atoms with E-state index < -0.39 is 18.8 Å². The molecule has 0 bridgehead atoms. The minimum absolute atomic E-state index is 0.00476. The van der Waals surface area contributed by atoms with Gasteiger partial charge in [0.15, 0.2) is 6.61 Å². The summed E-state index contributed by atoms with van der Waals surface area (Å²) in [7, 11) is 0. The third-order valence-electron chi connectivity index (χ3n) is 5.58. The lowest BCUT2D eigenvalue weighted by Crippen LogP contribution is -2.48. The van der Waals surface area contributed by atoms with E-state index in [1.54, 1.807) is 6.07 Å². The maximum Gasteiger partial charge on any atom is 0.422 e. The molecule has 0 N–H and O–H groups in total. The molecule has 172 valence electrons. The van der Waals surface area contributed by atoms with Crippen LogP contribution in [0, 0.1) is 0 Å². The van der Waals surface area contributed by atoms with E-state index in [4.69, 9.17) is 0 Å². The van der Waals surface area contributed by atoms with Crippen LogP contribution in [0.3, 0.4) is 0 Å². The highest BCUT2D eigenvalue weighted by molar-refractivity contribution is 5.89. The van der Waals surface area contributed by atoms with Gasteiger partial charge in [0.25, 0.3) is 0 Å². The lowest BCUT2D eigenvalue weighted by Gasteiger charge is -2.40. The highest BCUT2D eigenvalue weighted by Gasteiger charge is 2.30. The van der Waals surface area contributed by atoms with Gasteiger partial charge in [-0.3, -0.25) is 4.90 Å². The minimum Gasteiger partial charge on any atom is -0.452 e. The lowest BCUT2D eigenvalue weighted by molar-refractivity contribution is -0.161. The van der Waals surface area contributed by atoms with Gasteiger partial charge in [0.05, 0.1) is 11.6 Å². The zero-order valence-corrected chi connectivity index (χ0v) is 17.9.